The highest BCUT2D eigenvalue weighted by molar-refractivity contribution is 7.89. The summed E-state index contributed by atoms with van der Waals surface area (Å²) in [6, 6.07) is 12.7. The van der Waals surface area contributed by atoms with Crippen molar-refractivity contribution in [2.45, 2.75) is 17.9 Å². The van der Waals surface area contributed by atoms with Crippen molar-refractivity contribution in [2.75, 3.05) is 0 Å². The lowest BCUT2D eigenvalue weighted by atomic mass is 10.1. The third kappa shape index (κ3) is 3.15. The van der Waals surface area contributed by atoms with E-state index in [4.69, 9.17) is 0 Å². The Morgan fingerprint density at radius 2 is 1.71 bits per heavy atom. The second-order valence-electron chi connectivity index (χ2n) is 5.37. The number of aromatic nitrogens is 2. The van der Waals surface area contributed by atoms with E-state index in [0.29, 0.717) is 0 Å². The minimum atomic E-state index is -3.82. The molecule has 8 heteroatoms. The summed E-state index contributed by atoms with van der Waals surface area (Å²) in [6.45, 7) is 1.73. The van der Waals surface area contributed by atoms with Gasteiger partial charge in [0.15, 0.2) is 0 Å². The van der Waals surface area contributed by atoms with E-state index < -0.39 is 27.3 Å². The zero-order valence-electron chi connectivity index (χ0n) is 12.7. The van der Waals surface area contributed by atoms with E-state index in [-0.39, 0.29) is 15.8 Å². The molecule has 0 radical (unpaired) electrons. The van der Waals surface area contributed by atoms with Gasteiger partial charge in [-0.25, -0.2) is 17.9 Å². The minimum absolute atomic E-state index is 0.0460. The lowest BCUT2D eigenvalue weighted by Gasteiger charge is -2.14. The van der Waals surface area contributed by atoms with Crippen molar-refractivity contribution in [1.29, 1.82) is 0 Å². The van der Waals surface area contributed by atoms with Crippen molar-refractivity contribution < 1.29 is 8.42 Å². The van der Waals surface area contributed by atoms with Crippen molar-refractivity contribution in [1.82, 2.24) is 14.7 Å². The van der Waals surface area contributed by atoms with Gasteiger partial charge in [-0.15, -0.1) is 0 Å². The SMILES string of the molecule is CC(NS(=O)(=O)c1ccc2[nH]c(=O)[nH]c(=O)c2c1)c1ccccc1. The molecule has 0 bridgehead atoms. The van der Waals surface area contributed by atoms with Crippen LogP contribution in [0.2, 0.25) is 0 Å². The molecular weight excluding hydrogens is 330 g/mol. The quantitative estimate of drug-likeness (QED) is 0.661. The predicted molar refractivity (Wildman–Crippen MR) is 90.4 cm³/mol. The lowest BCUT2D eigenvalue weighted by molar-refractivity contribution is 0.567. The number of nitrogens with one attached hydrogen (secondary N) is 3. The average Bonchev–Trinajstić information content (AvgIpc) is 2.54. The van der Waals surface area contributed by atoms with Crippen molar-refractivity contribution in [3.05, 3.63) is 74.9 Å². The maximum atomic E-state index is 12.5. The van der Waals surface area contributed by atoms with Gasteiger partial charge < -0.3 is 4.98 Å². The van der Waals surface area contributed by atoms with Crippen LogP contribution >= 0.6 is 0 Å². The molecule has 0 aliphatic heterocycles. The molecule has 24 heavy (non-hydrogen) atoms. The van der Waals surface area contributed by atoms with E-state index in [2.05, 4.69) is 14.7 Å². The summed E-state index contributed by atoms with van der Waals surface area (Å²) in [7, 11) is -3.82. The van der Waals surface area contributed by atoms with Crippen LogP contribution in [0.25, 0.3) is 10.9 Å². The maximum absolute atomic E-state index is 12.5. The number of hydrogen-bond donors (Lipinski definition) is 3. The zero-order valence-corrected chi connectivity index (χ0v) is 13.6. The van der Waals surface area contributed by atoms with Crippen LogP contribution in [0.3, 0.4) is 0 Å². The van der Waals surface area contributed by atoms with E-state index in [9.17, 15) is 18.0 Å². The number of aromatic amines is 2. The molecule has 1 aromatic heterocycles. The lowest BCUT2D eigenvalue weighted by Crippen LogP contribution is -2.27. The monoisotopic (exact) mass is 345 g/mol. The van der Waals surface area contributed by atoms with Crippen molar-refractivity contribution >= 4 is 20.9 Å². The van der Waals surface area contributed by atoms with Crippen LogP contribution in [0.4, 0.5) is 0 Å². The van der Waals surface area contributed by atoms with Crippen LogP contribution in [0.1, 0.15) is 18.5 Å². The van der Waals surface area contributed by atoms with Gasteiger partial charge in [0.1, 0.15) is 0 Å². The van der Waals surface area contributed by atoms with Gasteiger partial charge in [-0.05, 0) is 30.7 Å². The largest absolute Gasteiger partial charge is 0.326 e. The molecule has 0 saturated carbocycles. The van der Waals surface area contributed by atoms with Gasteiger partial charge in [-0.3, -0.25) is 9.78 Å². The molecule has 1 heterocycles. The Bertz CT molecular complexity index is 1100. The van der Waals surface area contributed by atoms with Crippen molar-refractivity contribution in [3.8, 4) is 0 Å². The maximum Gasteiger partial charge on any atom is 0.326 e. The minimum Gasteiger partial charge on any atom is -0.307 e. The van der Waals surface area contributed by atoms with Gasteiger partial charge in [-0.1, -0.05) is 30.3 Å². The first-order valence-corrected chi connectivity index (χ1v) is 8.69. The first-order chi connectivity index (χ1) is 11.4. The Morgan fingerprint density at radius 3 is 2.42 bits per heavy atom. The molecule has 0 saturated heterocycles. The fourth-order valence-corrected chi connectivity index (χ4v) is 3.68. The number of fused-ring (bicyclic) bond motifs is 1. The molecule has 3 rings (SSSR count). The van der Waals surface area contributed by atoms with Gasteiger partial charge in [0, 0.05) is 6.04 Å². The Labute approximate surface area is 137 Å². The molecule has 0 amide bonds. The second-order valence-corrected chi connectivity index (χ2v) is 7.08. The molecule has 2 aromatic carbocycles. The van der Waals surface area contributed by atoms with Gasteiger partial charge in [0.05, 0.1) is 15.8 Å². The van der Waals surface area contributed by atoms with E-state index in [1.165, 1.54) is 18.2 Å². The summed E-state index contributed by atoms with van der Waals surface area (Å²) in [5.74, 6) is 0. The number of benzene rings is 2. The Hall–Kier alpha value is -2.71. The molecule has 0 fully saturated rings. The van der Waals surface area contributed by atoms with Crippen LogP contribution in [0.15, 0.2) is 63.0 Å². The molecule has 124 valence electrons. The molecule has 0 spiro atoms. The highest BCUT2D eigenvalue weighted by Crippen LogP contribution is 2.18. The summed E-state index contributed by atoms with van der Waals surface area (Å²) in [5, 5.41) is 0.102. The first-order valence-electron chi connectivity index (χ1n) is 7.20. The highest BCUT2D eigenvalue weighted by atomic mass is 32.2. The summed E-state index contributed by atoms with van der Waals surface area (Å²) >= 11 is 0. The van der Waals surface area contributed by atoms with E-state index >= 15 is 0 Å². The molecule has 0 aliphatic carbocycles. The van der Waals surface area contributed by atoms with Gasteiger partial charge in [0.25, 0.3) is 5.56 Å². The Kier molecular flexibility index (Phi) is 4.08. The van der Waals surface area contributed by atoms with E-state index in [0.717, 1.165) is 5.56 Å². The molecule has 1 unspecified atom stereocenters. The zero-order chi connectivity index (χ0) is 17.3. The Morgan fingerprint density at radius 1 is 1.00 bits per heavy atom. The van der Waals surface area contributed by atoms with Crippen LogP contribution in [0, 0.1) is 0 Å². The summed E-state index contributed by atoms with van der Waals surface area (Å²) < 4.78 is 27.7. The molecule has 3 N–H and O–H groups in total. The van der Waals surface area contributed by atoms with Crippen LogP contribution in [-0.2, 0) is 10.0 Å². The molecular formula is C16H15N3O4S. The van der Waals surface area contributed by atoms with Crippen molar-refractivity contribution in [3.63, 3.8) is 0 Å². The third-order valence-corrected chi connectivity index (χ3v) is 5.19. The highest BCUT2D eigenvalue weighted by Gasteiger charge is 2.19. The second kappa shape index (κ2) is 6.06. The van der Waals surface area contributed by atoms with Gasteiger partial charge in [-0.2, -0.15) is 0 Å². The molecule has 1 atom stereocenters. The average molecular weight is 345 g/mol. The number of hydrogen-bond acceptors (Lipinski definition) is 4. The summed E-state index contributed by atoms with van der Waals surface area (Å²) in [5.41, 5.74) is -0.177. The van der Waals surface area contributed by atoms with Crippen LogP contribution < -0.4 is 16.0 Å². The predicted octanol–water partition coefficient (Wildman–Crippen LogP) is 1.26. The standard InChI is InChI=1S/C16H15N3O4S/c1-10(11-5-3-2-4-6-11)19-24(22,23)12-7-8-14-13(9-12)15(20)18-16(21)17-14/h2-10,19H,1H3,(H2,17,18,20,21). The Balaban J connectivity index is 1.99. The molecule has 7 nitrogen and oxygen atoms in total. The van der Waals surface area contributed by atoms with Gasteiger partial charge in [0.2, 0.25) is 10.0 Å². The van der Waals surface area contributed by atoms with Crippen LogP contribution in [0.5, 0.6) is 0 Å². The summed E-state index contributed by atoms with van der Waals surface area (Å²) in [4.78, 5) is 27.6. The topological polar surface area (TPSA) is 112 Å². The number of H-pyrrole nitrogens is 2. The first kappa shape index (κ1) is 16.2. The normalized spacial score (nSPS) is 13.0. The molecule has 3 aromatic rings. The summed E-state index contributed by atoms with van der Waals surface area (Å²) in [6.07, 6.45) is 0. The number of sulfonamides is 1. The molecule has 0 aliphatic rings. The fourth-order valence-electron chi connectivity index (χ4n) is 2.42. The third-order valence-electron chi connectivity index (χ3n) is 3.65. The van der Waals surface area contributed by atoms with Crippen molar-refractivity contribution in [2.24, 2.45) is 0 Å². The number of rotatable bonds is 4. The van der Waals surface area contributed by atoms with E-state index in [1.54, 1.807) is 6.92 Å². The fraction of sp³-hybridized carbons (Fsp3) is 0.125. The van der Waals surface area contributed by atoms with Crippen LogP contribution in [-0.4, -0.2) is 18.4 Å². The van der Waals surface area contributed by atoms with E-state index in [1.807, 2.05) is 30.3 Å². The van der Waals surface area contributed by atoms with Gasteiger partial charge >= 0.3 is 5.69 Å². The smallest absolute Gasteiger partial charge is 0.307 e.